The van der Waals surface area contributed by atoms with Gasteiger partial charge in [-0.05, 0) is 31.2 Å². The van der Waals surface area contributed by atoms with Crippen LogP contribution < -0.4 is 24.8 Å². The number of hydrogen-bond acceptors (Lipinski definition) is 5. The van der Waals surface area contributed by atoms with Crippen molar-refractivity contribution in [3.63, 3.8) is 0 Å². The zero-order valence-electron chi connectivity index (χ0n) is 13.7. The minimum Gasteiger partial charge on any atom is -0.492 e. The molecule has 1 aliphatic heterocycles. The largest absolute Gasteiger partial charge is 0.492 e. The summed E-state index contributed by atoms with van der Waals surface area (Å²) >= 11 is 0. The van der Waals surface area contributed by atoms with E-state index in [1.54, 1.807) is 42.5 Å². The van der Waals surface area contributed by atoms with Crippen molar-refractivity contribution < 1.29 is 23.8 Å². The molecular weight excluding hydrogens is 324 g/mol. The molecule has 0 bridgehead atoms. The molecule has 7 nitrogen and oxygen atoms in total. The lowest BCUT2D eigenvalue weighted by atomic mass is 10.1. The molecule has 0 saturated heterocycles. The van der Waals surface area contributed by atoms with Gasteiger partial charge in [-0.3, -0.25) is 4.79 Å². The summed E-state index contributed by atoms with van der Waals surface area (Å²) in [5.41, 5.74) is 1.10. The highest BCUT2D eigenvalue weighted by atomic mass is 16.7. The van der Waals surface area contributed by atoms with Crippen molar-refractivity contribution in [3.05, 3.63) is 48.0 Å². The van der Waals surface area contributed by atoms with Gasteiger partial charge in [-0.2, -0.15) is 0 Å². The second kappa shape index (κ2) is 7.57. The van der Waals surface area contributed by atoms with Crippen molar-refractivity contribution in [1.82, 2.24) is 5.32 Å². The summed E-state index contributed by atoms with van der Waals surface area (Å²) in [6, 6.07) is 11.7. The van der Waals surface area contributed by atoms with Crippen LogP contribution >= 0.6 is 0 Å². The van der Waals surface area contributed by atoms with Crippen molar-refractivity contribution >= 4 is 17.5 Å². The van der Waals surface area contributed by atoms with Gasteiger partial charge in [-0.25, -0.2) is 4.79 Å². The van der Waals surface area contributed by atoms with Crippen LogP contribution in [0.15, 0.2) is 42.5 Å². The monoisotopic (exact) mass is 342 g/mol. The molecule has 0 unspecified atom stereocenters. The van der Waals surface area contributed by atoms with Crippen LogP contribution in [0.25, 0.3) is 0 Å². The van der Waals surface area contributed by atoms with Gasteiger partial charge in [0.15, 0.2) is 17.3 Å². The number of carbonyl (C=O) groups excluding carboxylic acids is 2. The Balaban J connectivity index is 1.42. The Bertz CT molecular complexity index is 791. The molecule has 7 heteroatoms. The Morgan fingerprint density at radius 3 is 2.80 bits per heavy atom. The molecule has 2 amide bonds. The Morgan fingerprint density at radius 2 is 1.96 bits per heavy atom. The highest BCUT2D eigenvalue weighted by molar-refractivity contribution is 5.96. The quantitative estimate of drug-likeness (QED) is 0.623. The zero-order valence-corrected chi connectivity index (χ0v) is 13.7. The van der Waals surface area contributed by atoms with Crippen LogP contribution in [0.1, 0.15) is 17.3 Å². The Hall–Kier alpha value is -3.22. The fourth-order valence-electron chi connectivity index (χ4n) is 2.29. The number of benzene rings is 2. The Morgan fingerprint density at radius 1 is 1.12 bits per heavy atom. The lowest BCUT2D eigenvalue weighted by molar-refractivity contribution is 0.101. The first-order valence-corrected chi connectivity index (χ1v) is 7.80. The number of Topliss-reactive ketones (excluding diaryl/α,β-unsaturated/α-hetero) is 1. The maximum atomic E-state index is 11.9. The molecule has 2 aromatic carbocycles. The molecule has 130 valence electrons. The van der Waals surface area contributed by atoms with Crippen molar-refractivity contribution in [3.8, 4) is 17.2 Å². The maximum absolute atomic E-state index is 11.9. The fourth-order valence-corrected chi connectivity index (χ4v) is 2.29. The lowest BCUT2D eigenvalue weighted by Crippen LogP contribution is -2.32. The number of amides is 2. The van der Waals surface area contributed by atoms with Crippen LogP contribution in [-0.2, 0) is 0 Å². The van der Waals surface area contributed by atoms with Crippen molar-refractivity contribution in [2.24, 2.45) is 0 Å². The molecule has 0 aromatic heterocycles. The van der Waals surface area contributed by atoms with Crippen LogP contribution in [-0.4, -0.2) is 31.8 Å². The first-order valence-electron chi connectivity index (χ1n) is 7.80. The minimum absolute atomic E-state index is 0.0545. The van der Waals surface area contributed by atoms with Crippen molar-refractivity contribution in [2.75, 3.05) is 25.3 Å². The zero-order chi connectivity index (χ0) is 17.6. The van der Waals surface area contributed by atoms with Crippen LogP contribution in [0.2, 0.25) is 0 Å². The standard InChI is InChI=1S/C18H18N2O5/c1-12(21)13-3-2-4-14(9-13)20-18(22)19-7-8-23-15-5-6-16-17(10-15)25-11-24-16/h2-6,9-10H,7-8,11H2,1H3,(H2,19,20,22). The number of carbonyl (C=O) groups is 2. The number of anilines is 1. The summed E-state index contributed by atoms with van der Waals surface area (Å²) in [6.45, 7) is 2.32. The minimum atomic E-state index is -0.366. The Labute approximate surface area is 144 Å². The second-order valence-corrected chi connectivity index (χ2v) is 5.38. The van der Waals surface area contributed by atoms with E-state index in [0.29, 0.717) is 41.7 Å². The average Bonchev–Trinajstić information content (AvgIpc) is 3.06. The van der Waals surface area contributed by atoms with Crippen LogP contribution in [0.3, 0.4) is 0 Å². The lowest BCUT2D eigenvalue weighted by Gasteiger charge is -2.10. The molecule has 0 fully saturated rings. The number of rotatable bonds is 6. The van der Waals surface area contributed by atoms with Gasteiger partial charge in [0.1, 0.15) is 12.4 Å². The SMILES string of the molecule is CC(=O)c1cccc(NC(=O)NCCOc2ccc3c(c2)OCO3)c1. The third-order valence-corrected chi connectivity index (χ3v) is 3.53. The van der Waals surface area contributed by atoms with Gasteiger partial charge in [0.25, 0.3) is 0 Å². The number of urea groups is 1. The molecule has 2 N–H and O–H groups in total. The number of nitrogens with one attached hydrogen (secondary N) is 2. The smallest absolute Gasteiger partial charge is 0.319 e. The van der Waals surface area contributed by atoms with Gasteiger partial charge in [0.2, 0.25) is 6.79 Å². The molecule has 25 heavy (non-hydrogen) atoms. The molecule has 0 aliphatic carbocycles. The van der Waals surface area contributed by atoms with Crippen molar-refractivity contribution in [2.45, 2.75) is 6.92 Å². The molecule has 0 spiro atoms. The predicted octanol–water partition coefficient (Wildman–Crippen LogP) is 2.82. The van der Waals surface area contributed by atoms with E-state index in [1.165, 1.54) is 6.92 Å². The van der Waals surface area contributed by atoms with E-state index in [0.717, 1.165) is 0 Å². The number of fused-ring (bicyclic) bond motifs is 1. The number of hydrogen-bond donors (Lipinski definition) is 2. The van der Waals surface area contributed by atoms with E-state index >= 15 is 0 Å². The van der Waals surface area contributed by atoms with E-state index in [1.807, 2.05) is 0 Å². The van der Waals surface area contributed by atoms with E-state index in [-0.39, 0.29) is 18.6 Å². The second-order valence-electron chi connectivity index (χ2n) is 5.38. The highest BCUT2D eigenvalue weighted by Gasteiger charge is 2.13. The molecule has 3 rings (SSSR count). The first-order chi connectivity index (χ1) is 12.1. The number of ether oxygens (including phenoxy) is 3. The summed E-state index contributed by atoms with van der Waals surface area (Å²) in [5, 5.41) is 5.36. The maximum Gasteiger partial charge on any atom is 0.319 e. The van der Waals surface area contributed by atoms with Crippen LogP contribution in [0, 0.1) is 0 Å². The van der Waals surface area contributed by atoms with Gasteiger partial charge in [0, 0.05) is 17.3 Å². The summed E-state index contributed by atoms with van der Waals surface area (Å²) in [5.74, 6) is 1.92. The number of ketones is 1. The summed E-state index contributed by atoms with van der Waals surface area (Å²) in [7, 11) is 0. The molecule has 0 radical (unpaired) electrons. The molecule has 1 heterocycles. The summed E-state index contributed by atoms with van der Waals surface area (Å²) < 4.78 is 16.1. The molecular formula is C18H18N2O5. The van der Waals surface area contributed by atoms with E-state index in [4.69, 9.17) is 14.2 Å². The normalized spacial score (nSPS) is 11.7. The summed E-state index contributed by atoms with van der Waals surface area (Å²) in [4.78, 5) is 23.2. The van der Waals surface area contributed by atoms with Crippen LogP contribution in [0.5, 0.6) is 17.2 Å². The molecule has 0 saturated carbocycles. The van der Waals surface area contributed by atoms with Gasteiger partial charge in [0.05, 0.1) is 6.54 Å². The third-order valence-electron chi connectivity index (χ3n) is 3.53. The molecule has 1 aliphatic rings. The third kappa shape index (κ3) is 4.41. The van der Waals surface area contributed by atoms with E-state index < -0.39 is 0 Å². The molecule has 2 aromatic rings. The van der Waals surface area contributed by atoms with Crippen LogP contribution in [0.4, 0.5) is 10.5 Å². The molecule has 0 atom stereocenters. The summed E-state index contributed by atoms with van der Waals surface area (Å²) in [6.07, 6.45) is 0. The Kier molecular flexibility index (Phi) is 5.03. The van der Waals surface area contributed by atoms with Crippen molar-refractivity contribution in [1.29, 1.82) is 0 Å². The van der Waals surface area contributed by atoms with E-state index in [9.17, 15) is 9.59 Å². The average molecular weight is 342 g/mol. The van der Waals surface area contributed by atoms with Gasteiger partial charge in [-0.1, -0.05) is 12.1 Å². The van der Waals surface area contributed by atoms with E-state index in [2.05, 4.69) is 10.6 Å². The van der Waals surface area contributed by atoms with Gasteiger partial charge < -0.3 is 24.8 Å². The van der Waals surface area contributed by atoms with Gasteiger partial charge in [-0.15, -0.1) is 0 Å². The van der Waals surface area contributed by atoms with Gasteiger partial charge >= 0.3 is 6.03 Å². The highest BCUT2D eigenvalue weighted by Crippen LogP contribution is 2.34. The fraction of sp³-hybridized carbons (Fsp3) is 0.222. The predicted molar refractivity (Wildman–Crippen MR) is 91.5 cm³/mol. The topological polar surface area (TPSA) is 85.9 Å². The first kappa shape index (κ1) is 16.6.